The van der Waals surface area contributed by atoms with Crippen molar-refractivity contribution >= 4 is 5.82 Å². The Balaban J connectivity index is 3.26. The van der Waals surface area contributed by atoms with Gasteiger partial charge in [-0.1, -0.05) is 0 Å². The largest absolute Gasteiger partial charge is 0.394 e. The number of nitrogens with one attached hydrogen (secondary N) is 1. The van der Waals surface area contributed by atoms with Crippen LogP contribution in [0.15, 0.2) is 9.59 Å². The number of rotatable bonds is 4. The number of nitrogens with zero attached hydrogens (tertiary/aromatic N) is 3. The number of anilines is 1. The molecule has 0 aromatic carbocycles. The number of aromatic nitrogens is 3. The van der Waals surface area contributed by atoms with Crippen molar-refractivity contribution < 1.29 is 10.2 Å². The maximum atomic E-state index is 11.7. The van der Waals surface area contributed by atoms with Crippen LogP contribution < -0.4 is 16.6 Å². The second kappa shape index (κ2) is 4.68. The Morgan fingerprint density at radius 2 is 1.82 bits per heavy atom. The highest BCUT2D eigenvalue weighted by Crippen LogP contribution is 2.07. The highest BCUT2D eigenvalue weighted by atomic mass is 16.3. The Hall–Kier alpha value is -1.67. The van der Waals surface area contributed by atoms with Gasteiger partial charge in [0.25, 0.3) is 5.56 Å². The molecule has 8 nitrogen and oxygen atoms in total. The molecule has 0 amide bonds. The first kappa shape index (κ1) is 13.4. The van der Waals surface area contributed by atoms with Crippen LogP contribution in [0.1, 0.15) is 6.92 Å². The van der Waals surface area contributed by atoms with Crippen molar-refractivity contribution in [1.29, 1.82) is 0 Å². The summed E-state index contributed by atoms with van der Waals surface area (Å²) in [5.74, 6) is -0.0970. The standard InChI is InChI=1S/C9H16N4O4/c1-9(4-14,5-15)10-6-7(16)12(2)8(17)13(3)11-6/h14-15H,4-5H2,1-3H3,(H,10,11). The van der Waals surface area contributed by atoms with E-state index in [4.69, 9.17) is 10.2 Å². The molecule has 1 rings (SSSR count). The smallest absolute Gasteiger partial charge is 0.346 e. The van der Waals surface area contributed by atoms with Crippen molar-refractivity contribution in [2.24, 2.45) is 14.1 Å². The van der Waals surface area contributed by atoms with Crippen LogP contribution in [0.4, 0.5) is 5.82 Å². The van der Waals surface area contributed by atoms with Crippen molar-refractivity contribution in [2.75, 3.05) is 18.5 Å². The van der Waals surface area contributed by atoms with Crippen LogP contribution in [0.3, 0.4) is 0 Å². The Morgan fingerprint density at radius 1 is 1.29 bits per heavy atom. The molecule has 0 bridgehead atoms. The van der Waals surface area contributed by atoms with Crippen LogP contribution in [0, 0.1) is 0 Å². The van der Waals surface area contributed by atoms with Gasteiger partial charge in [-0.05, 0) is 6.92 Å². The van der Waals surface area contributed by atoms with E-state index >= 15 is 0 Å². The second-order valence-electron chi connectivity index (χ2n) is 4.12. The summed E-state index contributed by atoms with van der Waals surface area (Å²) in [6.07, 6.45) is 0. The van der Waals surface area contributed by atoms with E-state index in [0.717, 1.165) is 9.25 Å². The van der Waals surface area contributed by atoms with Gasteiger partial charge in [-0.2, -0.15) is 0 Å². The van der Waals surface area contributed by atoms with Gasteiger partial charge in [-0.3, -0.25) is 9.36 Å². The molecule has 1 aromatic rings. The molecule has 17 heavy (non-hydrogen) atoms. The predicted octanol–water partition coefficient (Wildman–Crippen LogP) is -2.37. The Morgan fingerprint density at radius 3 is 2.29 bits per heavy atom. The van der Waals surface area contributed by atoms with Gasteiger partial charge in [0.2, 0.25) is 5.82 Å². The summed E-state index contributed by atoms with van der Waals surface area (Å²) < 4.78 is 1.89. The van der Waals surface area contributed by atoms with E-state index in [1.165, 1.54) is 21.0 Å². The molecule has 1 heterocycles. The summed E-state index contributed by atoms with van der Waals surface area (Å²) in [5, 5.41) is 24.6. The molecule has 0 atom stereocenters. The zero-order valence-corrected chi connectivity index (χ0v) is 9.97. The van der Waals surface area contributed by atoms with Gasteiger partial charge in [0.1, 0.15) is 0 Å². The maximum absolute atomic E-state index is 11.7. The molecule has 1 aromatic heterocycles. The number of aryl methyl sites for hydroxylation is 1. The fraction of sp³-hybridized carbons (Fsp3) is 0.667. The van der Waals surface area contributed by atoms with Gasteiger partial charge in [0, 0.05) is 14.1 Å². The molecule has 0 aliphatic heterocycles. The first-order chi connectivity index (χ1) is 7.84. The summed E-state index contributed by atoms with van der Waals surface area (Å²) in [5.41, 5.74) is -2.23. The summed E-state index contributed by atoms with van der Waals surface area (Å²) in [4.78, 5) is 23.1. The number of aliphatic hydroxyl groups is 2. The van der Waals surface area contributed by atoms with E-state index in [9.17, 15) is 9.59 Å². The van der Waals surface area contributed by atoms with Crippen LogP contribution >= 0.6 is 0 Å². The third kappa shape index (κ3) is 2.53. The first-order valence-corrected chi connectivity index (χ1v) is 4.99. The van der Waals surface area contributed by atoms with Gasteiger partial charge in [-0.15, -0.1) is 5.10 Å². The normalized spacial score (nSPS) is 11.6. The van der Waals surface area contributed by atoms with E-state index in [-0.39, 0.29) is 19.0 Å². The maximum Gasteiger partial charge on any atom is 0.346 e. The monoisotopic (exact) mass is 244 g/mol. The molecule has 3 N–H and O–H groups in total. The van der Waals surface area contributed by atoms with Crippen LogP contribution in [-0.2, 0) is 14.1 Å². The predicted molar refractivity (Wildman–Crippen MR) is 60.9 cm³/mol. The third-order valence-corrected chi connectivity index (χ3v) is 2.44. The lowest BCUT2D eigenvalue weighted by atomic mass is 10.1. The lowest BCUT2D eigenvalue weighted by molar-refractivity contribution is 0.147. The summed E-state index contributed by atoms with van der Waals surface area (Å²) in [7, 11) is 2.73. The molecule has 0 radical (unpaired) electrons. The highest BCUT2D eigenvalue weighted by molar-refractivity contribution is 5.33. The minimum absolute atomic E-state index is 0.0970. The van der Waals surface area contributed by atoms with E-state index in [2.05, 4.69) is 10.4 Å². The lowest BCUT2D eigenvalue weighted by Gasteiger charge is -2.26. The molecule has 0 aliphatic rings. The van der Waals surface area contributed by atoms with Gasteiger partial charge in [0.05, 0.1) is 18.8 Å². The van der Waals surface area contributed by atoms with Crippen LogP contribution in [0.5, 0.6) is 0 Å². The quantitative estimate of drug-likeness (QED) is 0.546. The van der Waals surface area contributed by atoms with E-state index in [0.29, 0.717) is 0 Å². The molecule has 96 valence electrons. The summed E-state index contributed by atoms with van der Waals surface area (Å²) in [6.45, 7) is 0.771. The molecule has 0 saturated carbocycles. The average molecular weight is 244 g/mol. The Kier molecular flexibility index (Phi) is 3.69. The third-order valence-electron chi connectivity index (χ3n) is 2.44. The molecule has 0 spiro atoms. The molecule has 0 aliphatic carbocycles. The molecule has 0 fully saturated rings. The topological polar surface area (TPSA) is 109 Å². The summed E-state index contributed by atoms with van der Waals surface area (Å²) >= 11 is 0. The van der Waals surface area contributed by atoms with Crippen LogP contribution in [0.2, 0.25) is 0 Å². The zero-order valence-electron chi connectivity index (χ0n) is 9.97. The Bertz CT molecular complexity index is 515. The van der Waals surface area contributed by atoms with Crippen molar-refractivity contribution in [1.82, 2.24) is 14.3 Å². The van der Waals surface area contributed by atoms with Gasteiger partial charge >= 0.3 is 5.69 Å². The number of aliphatic hydroxyl groups excluding tert-OH is 2. The Labute approximate surface area is 97.1 Å². The van der Waals surface area contributed by atoms with Gasteiger partial charge in [0.15, 0.2) is 0 Å². The van der Waals surface area contributed by atoms with Gasteiger partial charge < -0.3 is 15.5 Å². The minimum atomic E-state index is -1.07. The molecular formula is C9H16N4O4. The lowest BCUT2D eigenvalue weighted by Crippen LogP contribution is -2.47. The molecular weight excluding hydrogens is 228 g/mol. The van der Waals surface area contributed by atoms with Crippen LogP contribution in [-0.4, -0.2) is 43.3 Å². The fourth-order valence-electron chi connectivity index (χ4n) is 1.19. The molecule has 8 heteroatoms. The van der Waals surface area contributed by atoms with E-state index in [1.807, 2.05) is 0 Å². The number of hydrogen-bond donors (Lipinski definition) is 3. The highest BCUT2D eigenvalue weighted by Gasteiger charge is 2.24. The average Bonchev–Trinajstić information content (AvgIpc) is 2.33. The fourth-order valence-corrected chi connectivity index (χ4v) is 1.19. The van der Waals surface area contributed by atoms with Crippen molar-refractivity contribution in [2.45, 2.75) is 12.5 Å². The van der Waals surface area contributed by atoms with Crippen molar-refractivity contribution in [3.8, 4) is 0 Å². The van der Waals surface area contributed by atoms with E-state index in [1.54, 1.807) is 0 Å². The van der Waals surface area contributed by atoms with Crippen molar-refractivity contribution in [3.63, 3.8) is 0 Å². The summed E-state index contributed by atoms with van der Waals surface area (Å²) in [6, 6.07) is 0. The number of hydrogen-bond acceptors (Lipinski definition) is 6. The minimum Gasteiger partial charge on any atom is -0.394 e. The molecule has 0 saturated heterocycles. The SMILES string of the molecule is Cn1nc(NC(C)(CO)CO)c(=O)n(C)c1=O. The van der Waals surface area contributed by atoms with Crippen LogP contribution in [0.25, 0.3) is 0 Å². The van der Waals surface area contributed by atoms with Crippen molar-refractivity contribution in [3.05, 3.63) is 20.8 Å². The first-order valence-electron chi connectivity index (χ1n) is 4.99. The van der Waals surface area contributed by atoms with Gasteiger partial charge in [-0.25, -0.2) is 9.48 Å². The second-order valence-corrected chi connectivity index (χ2v) is 4.12. The zero-order chi connectivity index (χ0) is 13.2. The molecule has 0 unspecified atom stereocenters. The van der Waals surface area contributed by atoms with E-state index < -0.39 is 16.8 Å².